The summed E-state index contributed by atoms with van der Waals surface area (Å²) in [6.45, 7) is 7.60. The number of nitrogens with one attached hydrogen (secondary N) is 3. The molecule has 0 aliphatic carbocycles. The maximum Gasteiger partial charge on any atom is 0.282 e. The Bertz CT molecular complexity index is 678. The van der Waals surface area contributed by atoms with Crippen LogP contribution in [0.2, 0.25) is 0 Å². The molecule has 1 aliphatic heterocycles. The first-order chi connectivity index (χ1) is 12.3. The number of benzene rings is 1. The average Bonchev–Trinajstić information content (AvgIpc) is 2.53. The number of anilines is 1. The quantitative estimate of drug-likeness (QED) is 0.698. The van der Waals surface area contributed by atoms with Crippen molar-refractivity contribution in [3.05, 3.63) is 24.3 Å². The SMILES string of the molecule is CC(C)NS(=O)(=O)c1ccc(NC(=O)[C@H](C)[NH+]2CCCCCCC2)cc1. The molecule has 0 spiro atoms. The van der Waals surface area contributed by atoms with Gasteiger partial charge in [0.15, 0.2) is 6.04 Å². The minimum absolute atomic E-state index is 0.0171. The molecule has 146 valence electrons. The highest BCUT2D eigenvalue weighted by atomic mass is 32.2. The Morgan fingerprint density at radius 1 is 0.962 bits per heavy atom. The van der Waals surface area contributed by atoms with Crippen molar-refractivity contribution in [2.24, 2.45) is 0 Å². The Balaban J connectivity index is 1.98. The highest BCUT2D eigenvalue weighted by molar-refractivity contribution is 7.89. The Morgan fingerprint density at radius 2 is 1.50 bits per heavy atom. The van der Waals surface area contributed by atoms with E-state index in [1.165, 1.54) is 49.1 Å². The largest absolute Gasteiger partial charge is 0.325 e. The van der Waals surface area contributed by atoms with Gasteiger partial charge in [-0.3, -0.25) is 4.79 Å². The average molecular weight is 383 g/mol. The molecular weight excluding hydrogens is 350 g/mol. The Morgan fingerprint density at radius 3 is 2.04 bits per heavy atom. The van der Waals surface area contributed by atoms with Crippen molar-refractivity contribution < 1.29 is 18.1 Å². The van der Waals surface area contributed by atoms with Crippen LogP contribution in [0.25, 0.3) is 0 Å². The van der Waals surface area contributed by atoms with Crippen molar-refractivity contribution in [2.75, 3.05) is 18.4 Å². The Hall–Kier alpha value is -1.44. The van der Waals surface area contributed by atoms with Crippen LogP contribution in [0.3, 0.4) is 0 Å². The Kier molecular flexibility index (Phi) is 7.61. The van der Waals surface area contributed by atoms with Gasteiger partial charge in [0, 0.05) is 11.7 Å². The van der Waals surface area contributed by atoms with E-state index >= 15 is 0 Å². The van der Waals surface area contributed by atoms with E-state index < -0.39 is 10.0 Å². The molecule has 1 saturated heterocycles. The first kappa shape index (κ1) is 20.9. The van der Waals surface area contributed by atoms with Crippen LogP contribution in [0.5, 0.6) is 0 Å². The number of quaternary nitrogens is 1. The van der Waals surface area contributed by atoms with Crippen LogP contribution in [0.15, 0.2) is 29.2 Å². The number of likely N-dealkylation sites (tertiary alicyclic amines) is 1. The molecular formula is C19H32N3O3S+. The molecule has 1 aromatic carbocycles. The lowest BCUT2D eigenvalue weighted by molar-refractivity contribution is -0.914. The molecule has 0 aromatic heterocycles. The lowest BCUT2D eigenvalue weighted by Gasteiger charge is -2.27. The van der Waals surface area contributed by atoms with Crippen molar-refractivity contribution in [2.45, 2.75) is 69.9 Å². The molecule has 2 rings (SSSR count). The Labute approximate surface area is 157 Å². The zero-order chi connectivity index (χ0) is 19.2. The summed E-state index contributed by atoms with van der Waals surface area (Å²) in [7, 11) is -3.51. The lowest BCUT2D eigenvalue weighted by atomic mass is 10.1. The van der Waals surface area contributed by atoms with Crippen LogP contribution in [0, 0.1) is 0 Å². The fourth-order valence-electron chi connectivity index (χ4n) is 3.32. The summed E-state index contributed by atoms with van der Waals surface area (Å²) < 4.78 is 26.8. The summed E-state index contributed by atoms with van der Waals surface area (Å²) in [4.78, 5) is 14.1. The first-order valence-corrected chi connectivity index (χ1v) is 11.1. The molecule has 0 unspecified atom stereocenters. The number of rotatable bonds is 6. The predicted octanol–water partition coefficient (Wildman–Crippen LogP) is 1.55. The van der Waals surface area contributed by atoms with Gasteiger partial charge in [-0.1, -0.05) is 6.42 Å². The summed E-state index contributed by atoms with van der Waals surface area (Å²) in [6.07, 6.45) is 6.13. The fraction of sp³-hybridized carbons (Fsp3) is 0.632. The molecule has 1 atom stereocenters. The van der Waals surface area contributed by atoms with E-state index in [2.05, 4.69) is 10.0 Å². The topological polar surface area (TPSA) is 79.7 Å². The third-order valence-electron chi connectivity index (χ3n) is 4.82. The molecule has 1 amide bonds. The third kappa shape index (κ3) is 6.07. The summed E-state index contributed by atoms with van der Waals surface area (Å²) >= 11 is 0. The van der Waals surface area contributed by atoms with Gasteiger partial charge < -0.3 is 10.2 Å². The molecule has 6 nitrogen and oxygen atoms in total. The second-order valence-corrected chi connectivity index (χ2v) is 9.15. The monoisotopic (exact) mass is 382 g/mol. The normalized spacial score (nSPS) is 18.2. The highest BCUT2D eigenvalue weighted by Gasteiger charge is 2.25. The van der Waals surface area contributed by atoms with Crippen LogP contribution in [0.4, 0.5) is 5.69 Å². The highest BCUT2D eigenvalue weighted by Crippen LogP contribution is 2.14. The van der Waals surface area contributed by atoms with Crippen molar-refractivity contribution in [3.63, 3.8) is 0 Å². The van der Waals surface area contributed by atoms with Gasteiger partial charge in [-0.2, -0.15) is 0 Å². The minimum Gasteiger partial charge on any atom is -0.325 e. The molecule has 3 N–H and O–H groups in total. The van der Waals surface area contributed by atoms with E-state index in [1.54, 1.807) is 26.0 Å². The van der Waals surface area contributed by atoms with Crippen molar-refractivity contribution in [3.8, 4) is 0 Å². The zero-order valence-electron chi connectivity index (χ0n) is 16.0. The molecule has 1 aromatic rings. The van der Waals surface area contributed by atoms with Gasteiger partial charge in [-0.05, 0) is 70.7 Å². The van der Waals surface area contributed by atoms with Crippen LogP contribution in [-0.4, -0.2) is 39.5 Å². The van der Waals surface area contributed by atoms with E-state index in [9.17, 15) is 13.2 Å². The second-order valence-electron chi connectivity index (χ2n) is 7.44. The summed E-state index contributed by atoms with van der Waals surface area (Å²) in [6, 6.07) is 6.05. The lowest BCUT2D eigenvalue weighted by Crippen LogP contribution is -3.16. The second kappa shape index (κ2) is 9.48. The van der Waals surface area contributed by atoms with Crippen molar-refractivity contribution in [1.82, 2.24) is 4.72 Å². The van der Waals surface area contributed by atoms with Gasteiger partial charge in [-0.25, -0.2) is 13.1 Å². The first-order valence-electron chi connectivity index (χ1n) is 9.57. The van der Waals surface area contributed by atoms with E-state index in [0.29, 0.717) is 5.69 Å². The molecule has 0 bridgehead atoms. The zero-order valence-corrected chi connectivity index (χ0v) is 16.9. The molecule has 7 heteroatoms. The number of amides is 1. The summed E-state index contributed by atoms with van der Waals surface area (Å²) in [5, 5.41) is 2.92. The fourth-order valence-corrected chi connectivity index (χ4v) is 4.58. The number of hydrogen-bond acceptors (Lipinski definition) is 3. The van der Waals surface area contributed by atoms with Crippen LogP contribution < -0.4 is 14.9 Å². The van der Waals surface area contributed by atoms with Gasteiger partial charge >= 0.3 is 0 Å². The summed E-state index contributed by atoms with van der Waals surface area (Å²) in [5.41, 5.74) is 0.622. The van der Waals surface area contributed by atoms with E-state index in [1.807, 2.05) is 6.92 Å². The standard InChI is InChI=1S/C19H31N3O3S/c1-15(2)21-26(24,25)18-11-9-17(10-12-18)20-19(23)16(3)22-13-7-5-4-6-8-14-22/h9-12,15-16,21H,4-8,13-14H2,1-3H3,(H,20,23)/p+1/t16-/m0/s1. The molecule has 1 heterocycles. The third-order valence-corrected chi connectivity index (χ3v) is 6.50. The number of sulfonamides is 1. The molecule has 1 fully saturated rings. The van der Waals surface area contributed by atoms with Gasteiger partial charge in [0.05, 0.1) is 18.0 Å². The minimum atomic E-state index is -3.51. The van der Waals surface area contributed by atoms with E-state index in [-0.39, 0.29) is 22.9 Å². The van der Waals surface area contributed by atoms with Gasteiger partial charge in [0.25, 0.3) is 5.91 Å². The van der Waals surface area contributed by atoms with Gasteiger partial charge in [0.2, 0.25) is 10.0 Å². The number of carbonyl (C=O) groups excluding carboxylic acids is 1. The van der Waals surface area contributed by atoms with Crippen LogP contribution in [-0.2, 0) is 14.8 Å². The van der Waals surface area contributed by atoms with Gasteiger partial charge in [0.1, 0.15) is 0 Å². The number of hydrogen-bond donors (Lipinski definition) is 3. The van der Waals surface area contributed by atoms with E-state index in [4.69, 9.17) is 0 Å². The van der Waals surface area contributed by atoms with Crippen molar-refractivity contribution in [1.29, 1.82) is 0 Å². The number of carbonyl (C=O) groups is 1. The van der Waals surface area contributed by atoms with Crippen LogP contribution in [0.1, 0.15) is 52.9 Å². The molecule has 0 radical (unpaired) electrons. The van der Waals surface area contributed by atoms with E-state index in [0.717, 1.165) is 13.1 Å². The smallest absolute Gasteiger partial charge is 0.282 e. The maximum atomic E-state index is 12.6. The maximum absolute atomic E-state index is 12.6. The molecule has 0 saturated carbocycles. The summed E-state index contributed by atoms with van der Waals surface area (Å²) in [5.74, 6) is -0.0171. The van der Waals surface area contributed by atoms with Crippen LogP contribution >= 0.6 is 0 Å². The predicted molar refractivity (Wildman–Crippen MR) is 104 cm³/mol. The van der Waals surface area contributed by atoms with Gasteiger partial charge in [-0.15, -0.1) is 0 Å². The molecule has 1 aliphatic rings. The van der Waals surface area contributed by atoms with Crippen molar-refractivity contribution >= 4 is 21.6 Å². The molecule has 26 heavy (non-hydrogen) atoms.